The number of halogens is 1. The van der Waals surface area contributed by atoms with Gasteiger partial charge >= 0.3 is 0 Å². The van der Waals surface area contributed by atoms with Crippen molar-refractivity contribution in [2.45, 2.75) is 32.2 Å². The average Bonchev–Trinajstić information content (AvgIpc) is 2.40. The third-order valence-electron chi connectivity index (χ3n) is 2.95. The van der Waals surface area contributed by atoms with Gasteiger partial charge in [-0.15, -0.1) is 0 Å². The molecule has 1 heterocycles. The summed E-state index contributed by atoms with van der Waals surface area (Å²) in [6, 6.07) is 10.5. The second-order valence-electron chi connectivity index (χ2n) is 5.22. The second kappa shape index (κ2) is 6.15. The Kier molecular flexibility index (Phi) is 4.53. The molecule has 0 saturated carbocycles. The van der Waals surface area contributed by atoms with Crippen molar-refractivity contribution < 1.29 is 0 Å². The van der Waals surface area contributed by atoms with Gasteiger partial charge in [0.2, 0.25) is 5.95 Å². The highest BCUT2D eigenvalue weighted by molar-refractivity contribution is 9.10. The van der Waals surface area contributed by atoms with Crippen LogP contribution in [-0.2, 0) is 6.42 Å². The average molecular weight is 320 g/mol. The number of rotatable bonds is 5. The fourth-order valence-electron chi connectivity index (χ4n) is 1.84. The summed E-state index contributed by atoms with van der Waals surface area (Å²) in [6.07, 6.45) is 5.57. The number of benzene rings is 1. The monoisotopic (exact) mass is 319 g/mol. The Hall–Kier alpha value is -1.42. The number of anilines is 1. The molecule has 4 heteroatoms. The maximum atomic E-state index is 4.25. The molecule has 0 aliphatic rings. The number of nitrogens with one attached hydrogen (secondary N) is 1. The van der Waals surface area contributed by atoms with E-state index in [4.69, 9.17) is 0 Å². The molecular formula is C15H18BrN3. The fraction of sp³-hybridized carbons (Fsp3) is 0.333. The molecule has 100 valence electrons. The molecule has 0 aliphatic heterocycles. The summed E-state index contributed by atoms with van der Waals surface area (Å²) >= 11 is 3.33. The molecule has 0 radical (unpaired) electrons. The summed E-state index contributed by atoms with van der Waals surface area (Å²) in [5, 5.41) is 3.37. The lowest BCUT2D eigenvalue weighted by molar-refractivity contribution is 0.514. The van der Waals surface area contributed by atoms with E-state index >= 15 is 0 Å². The normalized spacial score (nSPS) is 11.3. The molecule has 1 aromatic heterocycles. The zero-order chi connectivity index (χ0) is 13.7. The SMILES string of the molecule is CC(C)(CCc1ccccc1)Nc1ncc(Br)cn1. The Morgan fingerprint density at radius 1 is 1.11 bits per heavy atom. The van der Waals surface area contributed by atoms with Gasteiger partial charge in [-0.1, -0.05) is 30.3 Å². The van der Waals surface area contributed by atoms with E-state index in [1.165, 1.54) is 5.56 Å². The van der Waals surface area contributed by atoms with E-state index in [2.05, 4.69) is 69.3 Å². The predicted molar refractivity (Wildman–Crippen MR) is 82.2 cm³/mol. The van der Waals surface area contributed by atoms with Gasteiger partial charge < -0.3 is 5.32 Å². The largest absolute Gasteiger partial charge is 0.349 e. The minimum atomic E-state index is -0.0380. The third kappa shape index (κ3) is 4.63. The van der Waals surface area contributed by atoms with E-state index in [1.807, 2.05) is 6.07 Å². The number of aromatic nitrogens is 2. The molecule has 0 aliphatic carbocycles. The van der Waals surface area contributed by atoms with Gasteiger partial charge in [0.1, 0.15) is 0 Å². The molecule has 19 heavy (non-hydrogen) atoms. The molecule has 0 bridgehead atoms. The predicted octanol–water partition coefficient (Wildman–Crippen LogP) is 4.06. The van der Waals surface area contributed by atoms with Crippen molar-refractivity contribution in [3.63, 3.8) is 0 Å². The van der Waals surface area contributed by atoms with Gasteiger partial charge in [0.15, 0.2) is 0 Å². The van der Waals surface area contributed by atoms with Crippen LogP contribution < -0.4 is 5.32 Å². The van der Waals surface area contributed by atoms with Crippen molar-refractivity contribution in [1.29, 1.82) is 0 Å². The number of aryl methyl sites for hydroxylation is 1. The first-order valence-electron chi connectivity index (χ1n) is 6.35. The summed E-state index contributed by atoms with van der Waals surface area (Å²) in [5.74, 6) is 0.668. The fourth-order valence-corrected chi connectivity index (χ4v) is 2.05. The summed E-state index contributed by atoms with van der Waals surface area (Å²) < 4.78 is 0.889. The van der Waals surface area contributed by atoms with Crippen molar-refractivity contribution >= 4 is 21.9 Å². The van der Waals surface area contributed by atoms with Crippen molar-refractivity contribution in [3.05, 3.63) is 52.8 Å². The molecule has 3 nitrogen and oxygen atoms in total. The van der Waals surface area contributed by atoms with E-state index in [0.717, 1.165) is 17.3 Å². The molecule has 0 atom stereocenters. The second-order valence-corrected chi connectivity index (χ2v) is 6.14. The zero-order valence-corrected chi connectivity index (χ0v) is 12.8. The van der Waals surface area contributed by atoms with Crippen LogP contribution in [0, 0.1) is 0 Å². The zero-order valence-electron chi connectivity index (χ0n) is 11.2. The van der Waals surface area contributed by atoms with Crippen LogP contribution in [0.1, 0.15) is 25.8 Å². The molecule has 0 fully saturated rings. The summed E-state index contributed by atoms with van der Waals surface area (Å²) in [7, 11) is 0. The molecule has 1 aromatic carbocycles. The lowest BCUT2D eigenvalue weighted by Crippen LogP contribution is -2.32. The lowest BCUT2D eigenvalue weighted by atomic mass is 9.95. The molecule has 0 saturated heterocycles. The van der Waals surface area contributed by atoms with Gasteiger partial charge in [-0.3, -0.25) is 0 Å². The molecule has 2 rings (SSSR count). The highest BCUT2D eigenvalue weighted by atomic mass is 79.9. The van der Waals surface area contributed by atoms with Gasteiger partial charge in [-0.2, -0.15) is 0 Å². The highest BCUT2D eigenvalue weighted by Gasteiger charge is 2.18. The summed E-state index contributed by atoms with van der Waals surface area (Å²) in [6.45, 7) is 4.34. The Labute approximate surface area is 122 Å². The van der Waals surface area contributed by atoms with Gasteiger partial charge in [0.05, 0.1) is 4.47 Å². The molecule has 0 spiro atoms. The van der Waals surface area contributed by atoms with Gasteiger partial charge in [0.25, 0.3) is 0 Å². The molecule has 0 amide bonds. The van der Waals surface area contributed by atoms with Crippen LogP contribution in [0.2, 0.25) is 0 Å². The molecule has 1 N–H and O–H groups in total. The van der Waals surface area contributed by atoms with Gasteiger partial charge in [-0.25, -0.2) is 9.97 Å². The van der Waals surface area contributed by atoms with Crippen LogP contribution in [0.4, 0.5) is 5.95 Å². The Morgan fingerprint density at radius 3 is 2.37 bits per heavy atom. The van der Waals surface area contributed by atoms with Gasteiger partial charge in [-0.05, 0) is 48.2 Å². The van der Waals surface area contributed by atoms with Crippen LogP contribution in [-0.4, -0.2) is 15.5 Å². The van der Waals surface area contributed by atoms with E-state index < -0.39 is 0 Å². The van der Waals surface area contributed by atoms with Crippen molar-refractivity contribution in [1.82, 2.24) is 9.97 Å². The molecule has 0 unspecified atom stereocenters. The Balaban J connectivity index is 1.93. The Morgan fingerprint density at radius 2 is 1.74 bits per heavy atom. The first-order chi connectivity index (χ1) is 9.05. The lowest BCUT2D eigenvalue weighted by Gasteiger charge is -2.26. The summed E-state index contributed by atoms with van der Waals surface area (Å²) in [4.78, 5) is 8.50. The molecular weight excluding hydrogens is 302 g/mol. The first-order valence-corrected chi connectivity index (χ1v) is 7.14. The number of hydrogen-bond acceptors (Lipinski definition) is 3. The maximum absolute atomic E-state index is 4.25. The smallest absolute Gasteiger partial charge is 0.223 e. The summed E-state index contributed by atoms with van der Waals surface area (Å²) in [5.41, 5.74) is 1.32. The highest BCUT2D eigenvalue weighted by Crippen LogP contribution is 2.18. The third-order valence-corrected chi connectivity index (χ3v) is 3.36. The van der Waals surface area contributed by atoms with E-state index in [0.29, 0.717) is 5.95 Å². The van der Waals surface area contributed by atoms with Crippen LogP contribution in [0.3, 0.4) is 0 Å². The molecule has 2 aromatic rings. The minimum absolute atomic E-state index is 0.0380. The minimum Gasteiger partial charge on any atom is -0.349 e. The number of hydrogen-bond donors (Lipinski definition) is 1. The van der Waals surface area contributed by atoms with Crippen molar-refractivity contribution in [2.24, 2.45) is 0 Å². The van der Waals surface area contributed by atoms with E-state index in [-0.39, 0.29) is 5.54 Å². The first kappa shape index (κ1) is 14.0. The van der Waals surface area contributed by atoms with Crippen LogP contribution >= 0.6 is 15.9 Å². The number of nitrogens with zero attached hydrogens (tertiary/aromatic N) is 2. The van der Waals surface area contributed by atoms with Crippen molar-refractivity contribution in [3.8, 4) is 0 Å². The van der Waals surface area contributed by atoms with Crippen LogP contribution in [0.25, 0.3) is 0 Å². The van der Waals surface area contributed by atoms with Crippen LogP contribution in [0.15, 0.2) is 47.2 Å². The van der Waals surface area contributed by atoms with Gasteiger partial charge in [0, 0.05) is 17.9 Å². The van der Waals surface area contributed by atoms with E-state index in [9.17, 15) is 0 Å². The Bertz CT molecular complexity index is 509. The van der Waals surface area contributed by atoms with Crippen molar-refractivity contribution in [2.75, 3.05) is 5.32 Å². The van der Waals surface area contributed by atoms with E-state index in [1.54, 1.807) is 12.4 Å². The quantitative estimate of drug-likeness (QED) is 0.903. The topological polar surface area (TPSA) is 37.8 Å². The van der Waals surface area contributed by atoms with Crippen LogP contribution in [0.5, 0.6) is 0 Å². The maximum Gasteiger partial charge on any atom is 0.223 e. The standard InChI is InChI=1S/C15H18BrN3/c1-15(2,9-8-12-6-4-3-5-7-12)19-14-17-10-13(16)11-18-14/h3-7,10-11H,8-9H2,1-2H3,(H,17,18,19).